The summed E-state index contributed by atoms with van der Waals surface area (Å²) in [5.41, 5.74) is 3.57. The summed E-state index contributed by atoms with van der Waals surface area (Å²) in [5.74, 6) is -0.564. The monoisotopic (exact) mass is 366 g/mol. The lowest BCUT2D eigenvalue weighted by Crippen LogP contribution is -2.28. The molecule has 0 atom stereocenters. The molecular formula is C20H22N4O3. The number of carbonyl (C=O) groups is 2. The van der Waals surface area contributed by atoms with Crippen molar-refractivity contribution < 1.29 is 14.3 Å². The molecule has 3 rings (SSSR count). The third kappa shape index (κ3) is 4.15. The third-order valence-corrected chi connectivity index (χ3v) is 4.04. The Bertz CT molecular complexity index is 974. The van der Waals surface area contributed by atoms with Crippen LogP contribution in [0.4, 0.5) is 5.69 Å². The minimum absolute atomic E-state index is 0.160. The summed E-state index contributed by atoms with van der Waals surface area (Å²) >= 11 is 0. The molecule has 2 aromatic heterocycles. The number of hydrogen-bond donors (Lipinski definition) is 2. The standard InChI is InChI=1S/C20H22N4O3/c1-13-10-14(2)12-15(11-13)22-19(25)17-16-6-4-5-8-24(16)18(23-17)20(26)21-7-9-27-3/h4-6,8,10-12H,7,9H2,1-3H3,(H,21,26)(H,22,25). The van der Waals surface area contributed by atoms with Gasteiger partial charge in [-0.1, -0.05) is 12.1 Å². The van der Waals surface area contributed by atoms with Gasteiger partial charge in [0.1, 0.15) is 0 Å². The van der Waals surface area contributed by atoms with Crippen molar-refractivity contribution in [1.29, 1.82) is 0 Å². The normalized spacial score (nSPS) is 10.8. The molecule has 0 spiro atoms. The van der Waals surface area contributed by atoms with E-state index in [-0.39, 0.29) is 23.3 Å². The van der Waals surface area contributed by atoms with Crippen LogP contribution in [0.5, 0.6) is 0 Å². The highest BCUT2D eigenvalue weighted by Gasteiger charge is 2.21. The Kier molecular flexibility index (Phi) is 5.52. The minimum atomic E-state index is -0.362. The van der Waals surface area contributed by atoms with Crippen molar-refractivity contribution in [2.75, 3.05) is 25.6 Å². The molecule has 0 aliphatic rings. The largest absolute Gasteiger partial charge is 0.383 e. The molecule has 0 aliphatic carbocycles. The minimum Gasteiger partial charge on any atom is -0.383 e. The van der Waals surface area contributed by atoms with Crippen LogP contribution in [0.3, 0.4) is 0 Å². The number of benzene rings is 1. The fourth-order valence-electron chi connectivity index (χ4n) is 2.95. The first kappa shape index (κ1) is 18.6. The number of imidazole rings is 1. The number of pyridine rings is 1. The van der Waals surface area contributed by atoms with Crippen molar-refractivity contribution in [2.24, 2.45) is 0 Å². The van der Waals surface area contributed by atoms with Crippen molar-refractivity contribution in [3.8, 4) is 0 Å². The second-order valence-electron chi connectivity index (χ2n) is 6.32. The number of amides is 2. The number of aromatic nitrogens is 2. The van der Waals surface area contributed by atoms with Gasteiger partial charge in [0.05, 0.1) is 12.1 Å². The van der Waals surface area contributed by atoms with Gasteiger partial charge in [-0.15, -0.1) is 0 Å². The van der Waals surface area contributed by atoms with E-state index in [1.54, 1.807) is 35.9 Å². The number of rotatable bonds is 6. The summed E-state index contributed by atoms with van der Waals surface area (Å²) in [5, 5.41) is 5.60. The molecule has 3 aromatic rings. The Morgan fingerprint density at radius 1 is 1.11 bits per heavy atom. The number of aryl methyl sites for hydroxylation is 2. The molecule has 0 bridgehead atoms. The summed E-state index contributed by atoms with van der Waals surface area (Å²) < 4.78 is 6.55. The fraction of sp³-hybridized carbons (Fsp3) is 0.250. The second kappa shape index (κ2) is 8.01. The van der Waals surface area contributed by atoms with E-state index in [1.165, 1.54) is 0 Å². The van der Waals surface area contributed by atoms with Gasteiger partial charge in [-0.2, -0.15) is 0 Å². The fourth-order valence-corrected chi connectivity index (χ4v) is 2.95. The first-order valence-corrected chi connectivity index (χ1v) is 8.63. The highest BCUT2D eigenvalue weighted by atomic mass is 16.5. The predicted octanol–water partition coefficient (Wildman–Crippen LogP) is 2.58. The molecule has 7 heteroatoms. The van der Waals surface area contributed by atoms with Gasteiger partial charge in [0, 0.05) is 25.5 Å². The highest BCUT2D eigenvalue weighted by molar-refractivity contribution is 6.09. The molecule has 0 radical (unpaired) electrons. The number of nitrogens with zero attached hydrogens (tertiary/aromatic N) is 2. The van der Waals surface area contributed by atoms with Crippen molar-refractivity contribution in [2.45, 2.75) is 13.8 Å². The molecule has 0 aliphatic heterocycles. The lowest BCUT2D eigenvalue weighted by molar-refractivity contribution is 0.0926. The van der Waals surface area contributed by atoms with Crippen LogP contribution >= 0.6 is 0 Å². The van der Waals surface area contributed by atoms with Gasteiger partial charge in [0.2, 0.25) is 5.82 Å². The maximum Gasteiger partial charge on any atom is 0.287 e. The number of hydrogen-bond acceptors (Lipinski definition) is 4. The molecule has 2 heterocycles. The summed E-state index contributed by atoms with van der Waals surface area (Å²) in [6.45, 7) is 4.70. The molecule has 2 N–H and O–H groups in total. The zero-order chi connectivity index (χ0) is 19.4. The lowest BCUT2D eigenvalue weighted by atomic mass is 10.1. The van der Waals surface area contributed by atoms with E-state index in [0.29, 0.717) is 24.4 Å². The molecule has 0 fully saturated rings. The zero-order valence-electron chi connectivity index (χ0n) is 15.6. The van der Waals surface area contributed by atoms with E-state index in [1.807, 2.05) is 32.0 Å². The lowest BCUT2D eigenvalue weighted by Gasteiger charge is -2.06. The number of ether oxygens (including phenoxy) is 1. The van der Waals surface area contributed by atoms with Gasteiger partial charge >= 0.3 is 0 Å². The number of fused-ring (bicyclic) bond motifs is 1. The molecule has 27 heavy (non-hydrogen) atoms. The maximum absolute atomic E-state index is 12.8. The summed E-state index contributed by atoms with van der Waals surface area (Å²) in [7, 11) is 1.56. The van der Waals surface area contributed by atoms with E-state index < -0.39 is 0 Å². The van der Waals surface area contributed by atoms with E-state index in [4.69, 9.17) is 4.74 Å². The first-order valence-electron chi connectivity index (χ1n) is 8.63. The van der Waals surface area contributed by atoms with Crippen molar-refractivity contribution in [3.63, 3.8) is 0 Å². The summed E-state index contributed by atoms with van der Waals surface area (Å²) in [6.07, 6.45) is 1.71. The van der Waals surface area contributed by atoms with Crippen LogP contribution in [-0.4, -0.2) is 41.5 Å². The first-order chi connectivity index (χ1) is 13.0. The topological polar surface area (TPSA) is 84.7 Å². The molecule has 7 nitrogen and oxygen atoms in total. The predicted molar refractivity (Wildman–Crippen MR) is 103 cm³/mol. The van der Waals surface area contributed by atoms with Crippen LogP contribution in [0.15, 0.2) is 42.6 Å². The van der Waals surface area contributed by atoms with Crippen molar-refractivity contribution >= 4 is 23.0 Å². The molecule has 2 amide bonds. The maximum atomic E-state index is 12.8. The Balaban J connectivity index is 1.92. The Morgan fingerprint density at radius 3 is 2.56 bits per heavy atom. The van der Waals surface area contributed by atoms with Gasteiger partial charge in [-0.25, -0.2) is 4.98 Å². The van der Waals surface area contributed by atoms with Gasteiger partial charge in [0.15, 0.2) is 5.69 Å². The average molecular weight is 366 g/mol. The van der Waals surface area contributed by atoms with E-state index in [2.05, 4.69) is 15.6 Å². The van der Waals surface area contributed by atoms with Gasteiger partial charge in [-0.05, 0) is 49.2 Å². The molecular weight excluding hydrogens is 344 g/mol. The van der Waals surface area contributed by atoms with Gasteiger partial charge < -0.3 is 15.4 Å². The Labute approximate surface area is 157 Å². The second-order valence-corrected chi connectivity index (χ2v) is 6.32. The number of anilines is 1. The van der Waals surface area contributed by atoms with Gasteiger partial charge in [0.25, 0.3) is 11.8 Å². The Hall–Kier alpha value is -3.19. The average Bonchev–Trinajstić information content (AvgIpc) is 3.01. The summed E-state index contributed by atoms with van der Waals surface area (Å²) in [4.78, 5) is 29.6. The van der Waals surface area contributed by atoms with Crippen molar-refractivity contribution in [3.05, 3.63) is 65.2 Å². The molecule has 140 valence electrons. The molecule has 1 aromatic carbocycles. The van der Waals surface area contributed by atoms with Crippen LogP contribution in [0, 0.1) is 13.8 Å². The van der Waals surface area contributed by atoms with Crippen LogP contribution in [0.1, 0.15) is 32.2 Å². The smallest absolute Gasteiger partial charge is 0.287 e. The number of nitrogens with one attached hydrogen (secondary N) is 2. The molecule has 0 saturated heterocycles. The number of methoxy groups -OCH3 is 1. The zero-order valence-corrected chi connectivity index (χ0v) is 15.6. The molecule has 0 saturated carbocycles. The van der Waals surface area contributed by atoms with Crippen molar-refractivity contribution in [1.82, 2.24) is 14.7 Å². The van der Waals surface area contributed by atoms with Crippen LogP contribution < -0.4 is 10.6 Å². The number of carbonyl (C=O) groups excluding carboxylic acids is 2. The van der Waals surface area contributed by atoms with E-state index >= 15 is 0 Å². The SMILES string of the molecule is COCCNC(=O)c1nc(C(=O)Nc2cc(C)cc(C)c2)c2ccccn12. The third-order valence-electron chi connectivity index (χ3n) is 4.04. The molecule has 0 unspecified atom stereocenters. The van der Waals surface area contributed by atoms with Gasteiger partial charge in [-0.3, -0.25) is 14.0 Å². The Morgan fingerprint density at radius 2 is 1.85 bits per heavy atom. The van der Waals surface area contributed by atoms with E-state index in [9.17, 15) is 9.59 Å². The summed E-state index contributed by atoms with van der Waals surface area (Å²) in [6, 6.07) is 11.2. The highest BCUT2D eigenvalue weighted by Crippen LogP contribution is 2.18. The van der Waals surface area contributed by atoms with Crippen LogP contribution in [-0.2, 0) is 4.74 Å². The van der Waals surface area contributed by atoms with E-state index in [0.717, 1.165) is 11.1 Å². The van der Waals surface area contributed by atoms with Crippen LogP contribution in [0.2, 0.25) is 0 Å². The van der Waals surface area contributed by atoms with Crippen LogP contribution in [0.25, 0.3) is 5.52 Å². The quantitative estimate of drug-likeness (QED) is 0.657.